The van der Waals surface area contributed by atoms with E-state index in [1.165, 1.54) is 29.5 Å². The van der Waals surface area contributed by atoms with Crippen LogP contribution >= 0.6 is 0 Å². The molecule has 0 saturated heterocycles. The molecular weight excluding hydrogens is 272 g/mol. The van der Waals surface area contributed by atoms with Gasteiger partial charge >= 0.3 is 5.97 Å². The van der Waals surface area contributed by atoms with Crippen LogP contribution in [0.3, 0.4) is 0 Å². The standard InChI is InChI=1S/C14H10N4O3/c19-14(20)11-8-17-18(10-4-2-1-3-5-10)13(11)21-12-6-7-15-9-16-12/h1-9H,(H,19,20). The topological polar surface area (TPSA) is 90.1 Å². The van der Waals surface area contributed by atoms with E-state index in [1.54, 1.807) is 12.1 Å². The van der Waals surface area contributed by atoms with Crippen LogP contribution in [-0.4, -0.2) is 30.8 Å². The summed E-state index contributed by atoms with van der Waals surface area (Å²) in [6.45, 7) is 0. The highest BCUT2D eigenvalue weighted by Crippen LogP contribution is 2.26. The third-order valence-corrected chi connectivity index (χ3v) is 2.71. The molecule has 1 aromatic carbocycles. The second-order valence-corrected chi connectivity index (χ2v) is 4.07. The van der Waals surface area contributed by atoms with Gasteiger partial charge in [0.1, 0.15) is 11.9 Å². The molecule has 0 atom stereocenters. The van der Waals surface area contributed by atoms with Gasteiger partial charge in [-0.1, -0.05) is 18.2 Å². The minimum atomic E-state index is -1.12. The minimum absolute atomic E-state index is 0.0440. The average Bonchev–Trinajstić information content (AvgIpc) is 2.93. The first-order chi connectivity index (χ1) is 10.3. The molecule has 0 saturated carbocycles. The number of ether oxygens (including phenoxy) is 1. The van der Waals surface area contributed by atoms with Crippen molar-refractivity contribution in [3.05, 3.63) is 60.7 Å². The van der Waals surface area contributed by atoms with Gasteiger partial charge in [0, 0.05) is 12.3 Å². The van der Waals surface area contributed by atoms with Crippen molar-refractivity contribution in [3.8, 4) is 17.4 Å². The van der Waals surface area contributed by atoms with Gasteiger partial charge in [-0.25, -0.2) is 14.8 Å². The summed E-state index contributed by atoms with van der Waals surface area (Å²) < 4.78 is 6.97. The fourth-order valence-electron chi connectivity index (χ4n) is 1.77. The molecule has 0 bridgehead atoms. The molecule has 0 amide bonds. The van der Waals surface area contributed by atoms with Gasteiger partial charge in [0.2, 0.25) is 11.8 Å². The second-order valence-electron chi connectivity index (χ2n) is 4.07. The first kappa shape index (κ1) is 12.8. The van der Waals surface area contributed by atoms with Gasteiger partial charge in [-0.05, 0) is 12.1 Å². The maximum Gasteiger partial charge on any atom is 0.342 e. The summed E-state index contributed by atoms with van der Waals surface area (Å²) in [5.74, 6) is -0.793. The molecule has 7 heteroatoms. The lowest BCUT2D eigenvalue weighted by Crippen LogP contribution is -2.03. The molecule has 104 valence electrons. The summed E-state index contributed by atoms with van der Waals surface area (Å²) in [6, 6.07) is 10.6. The van der Waals surface area contributed by atoms with E-state index in [4.69, 9.17) is 4.74 Å². The Kier molecular flexibility index (Phi) is 3.30. The van der Waals surface area contributed by atoms with Gasteiger partial charge in [-0.3, -0.25) is 0 Å². The van der Waals surface area contributed by atoms with E-state index in [-0.39, 0.29) is 17.3 Å². The Balaban J connectivity index is 2.08. The van der Waals surface area contributed by atoms with Gasteiger partial charge in [0.25, 0.3) is 0 Å². The third kappa shape index (κ3) is 2.57. The molecule has 3 rings (SSSR count). The van der Waals surface area contributed by atoms with Gasteiger partial charge in [0.05, 0.1) is 11.9 Å². The normalized spacial score (nSPS) is 10.3. The molecule has 0 aliphatic rings. The summed E-state index contributed by atoms with van der Waals surface area (Å²) in [6.07, 6.45) is 4.07. The monoisotopic (exact) mass is 282 g/mol. The van der Waals surface area contributed by atoms with Crippen LogP contribution in [0, 0.1) is 0 Å². The largest absolute Gasteiger partial charge is 0.477 e. The summed E-state index contributed by atoms with van der Waals surface area (Å²) in [7, 11) is 0. The van der Waals surface area contributed by atoms with E-state index in [1.807, 2.05) is 18.2 Å². The zero-order chi connectivity index (χ0) is 14.7. The number of benzene rings is 1. The van der Waals surface area contributed by atoms with E-state index < -0.39 is 5.97 Å². The second kappa shape index (κ2) is 5.41. The number of carboxylic acids is 1. The lowest BCUT2D eigenvalue weighted by Gasteiger charge is -2.08. The van der Waals surface area contributed by atoms with Gasteiger partial charge in [0.15, 0.2) is 0 Å². The molecule has 0 unspecified atom stereocenters. The maximum atomic E-state index is 11.3. The van der Waals surface area contributed by atoms with Crippen LogP contribution in [0.15, 0.2) is 55.1 Å². The number of nitrogens with zero attached hydrogens (tertiary/aromatic N) is 4. The highest BCUT2D eigenvalue weighted by atomic mass is 16.5. The predicted molar refractivity (Wildman–Crippen MR) is 72.6 cm³/mol. The van der Waals surface area contributed by atoms with Crippen molar-refractivity contribution in [2.45, 2.75) is 0 Å². The van der Waals surface area contributed by atoms with E-state index in [2.05, 4.69) is 15.1 Å². The Labute approximate surface area is 119 Å². The lowest BCUT2D eigenvalue weighted by molar-refractivity contribution is 0.0694. The summed E-state index contributed by atoms with van der Waals surface area (Å²) in [5, 5.41) is 13.3. The van der Waals surface area contributed by atoms with Crippen molar-refractivity contribution in [3.63, 3.8) is 0 Å². The number of hydrogen-bond donors (Lipinski definition) is 1. The fraction of sp³-hybridized carbons (Fsp3) is 0. The number of carboxylic acid groups (broad SMARTS) is 1. The molecule has 0 radical (unpaired) electrons. The summed E-state index contributed by atoms with van der Waals surface area (Å²) in [4.78, 5) is 19.0. The third-order valence-electron chi connectivity index (χ3n) is 2.71. The van der Waals surface area contributed by atoms with Gasteiger partial charge < -0.3 is 9.84 Å². The predicted octanol–water partition coefficient (Wildman–Crippen LogP) is 2.15. The molecule has 2 heterocycles. The van der Waals surface area contributed by atoms with Crippen LogP contribution in [-0.2, 0) is 0 Å². The Morgan fingerprint density at radius 1 is 1.19 bits per heavy atom. The number of para-hydroxylation sites is 1. The molecule has 21 heavy (non-hydrogen) atoms. The SMILES string of the molecule is O=C(O)c1cnn(-c2ccccc2)c1Oc1ccncn1. The molecule has 0 aliphatic carbocycles. The quantitative estimate of drug-likeness (QED) is 0.788. The fourth-order valence-corrected chi connectivity index (χ4v) is 1.77. The van der Waals surface area contributed by atoms with Crippen molar-refractivity contribution >= 4 is 5.97 Å². The molecule has 3 aromatic rings. The van der Waals surface area contributed by atoms with Crippen LogP contribution in [0.25, 0.3) is 5.69 Å². The molecule has 0 fully saturated rings. The molecule has 7 nitrogen and oxygen atoms in total. The Bertz CT molecular complexity index is 756. The number of aromatic nitrogens is 4. The van der Waals surface area contributed by atoms with Crippen molar-refractivity contribution in [1.82, 2.24) is 19.7 Å². The number of aromatic carboxylic acids is 1. The molecule has 0 spiro atoms. The number of hydrogen-bond acceptors (Lipinski definition) is 5. The van der Waals surface area contributed by atoms with E-state index in [0.29, 0.717) is 5.69 Å². The smallest absolute Gasteiger partial charge is 0.342 e. The van der Waals surface area contributed by atoms with Crippen LogP contribution in [0.4, 0.5) is 0 Å². The highest BCUT2D eigenvalue weighted by molar-refractivity contribution is 5.90. The van der Waals surface area contributed by atoms with Crippen molar-refractivity contribution in [2.24, 2.45) is 0 Å². The van der Waals surface area contributed by atoms with Crippen LogP contribution in [0.1, 0.15) is 10.4 Å². The average molecular weight is 282 g/mol. The maximum absolute atomic E-state index is 11.3. The molecule has 0 aliphatic heterocycles. The van der Waals surface area contributed by atoms with Crippen LogP contribution in [0.2, 0.25) is 0 Å². The molecule has 2 aromatic heterocycles. The van der Waals surface area contributed by atoms with E-state index >= 15 is 0 Å². The van der Waals surface area contributed by atoms with Crippen molar-refractivity contribution < 1.29 is 14.6 Å². The van der Waals surface area contributed by atoms with E-state index in [9.17, 15) is 9.90 Å². The first-order valence-electron chi connectivity index (χ1n) is 6.06. The lowest BCUT2D eigenvalue weighted by atomic mass is 10.3. The first-order valence-corrected chi connectivity index (χ1v) is 6.06. The van der Waals surface area contributed by atoms with Gasteiger partial charge in [-0.2, -0.15) is 9.78 Å². The Morgan fingerprint density at radius 3 is 2.67 bits per heavy atom. The zero-order valence-electron chi connectivity index (χ0n) is 10.7. The van der Waals surface area contributed by atoms with Crippen molar-refractivity contribution in [2.75, 3.05) is 0 Å². The van der Waals surface area contributed by atoms with Crippen molar-refractivity contribution in [1.29, 1.82) is 0 Å². The zero-order valence-corrected chi connectivity index (χ0v) is 10.7. The Hall–Kier alpha value is -3.22. The van der Waals surface area contributed by atoms with Crippen LogP contribution < -0.4 is 4.74 Å². The number of rotatable bonds is 4. The summed E-state index contributed by atoms with van der Waals surface area (Å²) >= 11 is 0. The Morgan fingerprint density at radius 2 is 2.00 bits per heavy atom. The highest BCUT2D eigenvalue weighted by Gasteiger charge is 2.20. The summed E-state index contributed by atoms with van der Waals surface area (Å²) in [5.41, 5.74) is 0.645. The van der Waals surface area contributed by atoms with Crippen LogP contribution in [0.5, 0.6) is 11.8 Å². The van der Waals surface area contributed by atoms with Gasteiger partial charge in [-0.15, -0.1) is 0 Å². The molecule has 1 N–H and O–H groups in total. The number of carbonyl (C=O) groups is 1. The minimum Gasteiger partial charge on any atom is -0.477 e. The molecular formula is C14H10N4O3. The van der Waals surface area contributed by atoms with E-state index in [0.717, 1.165) is 0 Å².